The minimum atomic E-state index is -0.718. The fraction of sp³-hybridized carbons (Fsp3) is 0.148. The van der Waals surface area contributed by atoms with Crippen molar-refractivity contribution in [1.82, 2.24) is 5.32 Å². The van der Waals surface area contributed by atoms with Crippen LogP contribution in [0.3, 0.4) is 0 Å². The number of carbonyl (C=O) groups is 1. The number of esters is 1. The van der Waals surface area contributed by atoms with E-state index in [2.05, 4.69) is 5.32 Å². The fourth-order valence-electron chi connectivity index (χ4n) is 3.19. The third-order valence-corrected chi connectivity index (χ3v) is 4.66. The Labute approximate surface area is 198 Å². The van der Waals surface area contributed by atoms with Gasteiger partial charge in [0.25, 0.3) is 5.69 Å². The lowest BCUT2D eigenvalue weighted by molar-refractivity contribution is -0.384. The van der Waals surface area contributed by atoms with Crippen molar-refractivity contribution in [2.75, 3.05) is 0 Å². The molecule has 7 nitrogen and oxygen atoms in total. The number of rotatable bonds is 7. The predicted octanol–water partition coefficient (Wildman–Crippen LogP) is 5.90. The molecule has 0 aliphatic carbocycles. The number of nitro groups is 1. The SMILES string of the molecule is CC(C)(C)N/C(=C\C(O)=C(/C(=O)Oc1ccccc1)c1ccccc1)c1ccc([N+](=O)[O-])cc1. The number of allylic oxidation sites excluding steroid dienone is 1. The molecule has 0 aliphatic rings. The Bertz CT molecular complexity index is 1210. The maximum Gasteiger partial charge on any atom is 0.347 e. The number of nitrogens with zero attached hydrogens (tertiary/aromatic N) is 1. The highest BCUT2D eigenvalue weighted by molar-refractivity contribution is 6.18. The van der Waals surface area contributed by atoms with Crippen LogP contribution in [0.1, 0.15) is 31.9 Å². The van der Waals surface area contributed by atoms with Crippen LogP contribution in [-0.4, -0.2) is 21.5 Å². The molecule has 3 aromatic carbocycles. The highest BCUT2D eigenvalue weighted by Crippen LogP contribution is 2.26. The molecule has 0 heterocycles. The molecule has 0 atom stereocenters. The first-order chi connectivity index (χ1) is 16.1. The second-order valence-corrected chi connectivity index (χ2v) is 8.57. The van der Waals surface area contributed by atoms with E-state index in [1.54, 1.807) is 72.8 Å². The molecule has 34 heavy (non-hydrogen) atoms. The van der Waals surface area contributed by atoms with Crippen LogP contribution in [0.2, 0.25) is 0 Å². The Morgan fingerprint density at radius 1 is 0.912 bits per heavy atom. The summed E-state index contributed by atoms with van der Waals surface area (Å²) in [4.78, 5) is 23.7. The van der Waals surface area contributed by atoms with Crippen LogP contribution in [0.25, 0.3) is 11.3 Å². The van der Waals surface area contributed by atoms with Crippen molar-refractivity contribution >= 4 is 22.9 Å². The van der Waals surface area contributed by atoms with Crippen LogP contribution in [0.15, 0.2) is 96.8 Å². The largest absolute Gasteiger partial charge is 0.507 e. The molecule has 0 aromatic heterocycles. The standard InChI is InChI=1S/C27H26N2O5/c1-27(2,3)28-23(19-14-16-21(17-15-19)29(32)33)18-24(30)25(20-10-6-4-7-11-20)26(31)34-22-12-8-5-9-13-22/h4-18,28,30H,1-3H3/b23-18-,25-24+. The van der Waals surface area contributed by atoms with E-state index in [4.69, 9.17) is 4.74 Å². The molecule has 3 aromatic rings. The molecular formula is C27H26N2O5. The summed E-state index contributed by atoms with van der Waals surface area (Å²) in [5.41, 5.74) is 1.12. The summed E-state index contributed by atoms with van der Waals surface area (Å²) >= 11 is 0. The third kappa shape index (κ3) is 6.56. The van der Waals surface area contributed by atoms with Crippen molar-refractivity contribution in [3.8, 4) is 5.75 Å². The van der Waals surface area contributed by atoms with Crippen molar-refractivity contribution in [1.29, 1.82) is 0 Å². The highest BCUT2D eigenvalue weighted by atomic mass is 16.6. The zero-order valence-corrected chi connectivity index (χ0v) is 19.2. The summed E-state index contributed by atoms with van der Waals surface area (Å²) in [7, 11) is 0. The molecule has 0 spiro atoms. The van der Waals surface area contributed by atoms with E-state index in [-0.39, 0.29) is 17.0 Å². The number of ether oxygens (including phenoxy) is 1. The van der Waals surface area contributed by atoms with Gasteiger partial charge in [-0.05, 0) is 56.2 Å². The van der Waals surface area contributed by atoms with Crippen LogP contribution >= 0.6 is 0 Å². The number of hydrogen-bond acceptors (Lipinski definition) is 6. The van der Waals surface area contributed by atoms with Gasteiger partial charge < -0.3 is 15.2 Å². The lowest BCUT2D eigenvalue weighted by Gasteiger charge is -2.25. The van der Waals surface area contributed by atoms with Gasteiger partial charge in [0.05, 0.1) is 4.92 Å². The van der Waals surface area contributed by atoms with E-state index < -0.39 is 16.4 Å². The van der Waals surface area contributed by atoms with E-state index in [1.165, 1.54) is 18.2 Å². The zero-order valence-electron chi connectivity index (χ0n) is 19.2. The number of hydrogen-bond donors (Lipinski definition) is 2. The van der Waals surface area contributed by atoms with Crippen LogP contribution in [0.4, 0.5) is 5.69 Å². The topological polar surface area (TPSA) is 102 Å². The van der Waals surface area contributed by atoms with Crippen LogP contribution in [-0.2, 0) is 4.79 Å². The molecule has 0 aliphatic heterocycles. The maximum absolute atomic E-state index is 13.1. The molecule has 0 unspecified atom stereocenters. The monoisotopic (exact) mass is 458 g/mol. The number of nitro benzene ring substituents is 1. The van der Waals surface area contributed by atoms with Crippen molar-refractivity contribution in [2.24, 2.45) is 0 Å². The summed E-state index contributed by atoms with van der Waals surface area (Å²) in [5, 5.41) is 25.5. The minimum Gasteiger partial charge on any atom is -0.507 e. The number of para-hydroxylation sites is 1. The molecule has 0 radical (unpaired) electrons. The van der Waals surface area contributed by atoms with Crippen LogP contribution < -0.4 is 10.1 Å². The summed E-state index contributed by atoms with van der Waals surface area (Å²) in [6.07, 6.45) is 1.43. The molecule has 174 valence electrons. The van der Waals surface area contributed by atoms with E-state index in [9.17, 15) is 20.0 Å². The highest BCUT2D eigenvalue weighted by Gasteiger charge is 2.21. The van der Waals surface area contributed by atoms with Gasteiger partial charge in [-0.15, -0.1) is 0 Å². The van der Waals surface area contributed by atoms with Gasteiger partial charge in [0.2, 0.25) is 0 Å². The number of non-ortho nitro benzene ring substituents is 1. The van der Waals surface area contributed by atoms with Gasteiger partial charge in [-0.1, -0.05) is 48.5 Å². The van der Waals surface area contributed by atoms with Gasteiger partial charge in [-0.3, -0.25) is 10.1 Å². The zero-order chi connectivity index (χ0) is 24.7. The van der Waals surface area contributed by atoms with E-state index in [0.717, 1.165) is 0 Å². The third-order valence-electron chi connectivity index (χ3n) is 4.66. The second-order valence-electron chi connectivity index (χ2n) is 8.57. The smallest absolute Gasteiger partial charge is 0.347 e. The van der Waals surface area contributed by atoms with Gasteiger partial charge in [0, 0.05) is 29.4 Å². The Balaban J connectivity index is 2.11. The molecule has 2 N–H and O–H groups in total. The maximum atomic E-state index is 13.1. The molecule has 3 rings (SSSR count). The van der Waals surface area contributed by atoms with Gasteiger partial charge in [0.1, 0.15) is 17.1 Å². The second kappa shape index (κ2) is 10.5. The summed E-state index contributed by atoms with van der Waals surface area (Å²) in [6, 6.07) is 23.3. The average Bonchev–Trinajstić information content (AvgIpc) is 2.79. The van der Waals surface area contributed by atoms with Gasteiger partial charge in [-0.25, -0.2) is 4.79 Å². The van der Waals surface area contributed by atoms with E-state index in [0.29, 0.717) is 22.6 Å². The molecule has 7 heteroatoms. The first-order valence-electron chi connectivity index (χ1n) is 10.6. The lowest BCUT2D eigenvalue weighted by atomic mass is 10.0. The number of carbonyl (C=O) groups excluding carboxylic acids is 1. The number of aliphatic hydroxyl groups is 1. The quantitative estimate of drug-likeness (QED) is 0.0869. The average molecular weight is 459 g/mol. The van der Waals surface area contributed by atoms with Crippen LogP contribution in [0, 0.1) is 10.1 Å². The minimum absolute atomic E-state index is 0.0143. The lowest BCUT2D eigenvalue weighted by Crippen LogP contribution is -2.34. The Kier molecular flexibility index (Phi) is 7.48. The molecule has 0 saturated carbocycles. The normalized spacial score (nSPS) is 12.5. The van der Waals surface area contributed by atoms with E-state index >= 15 is 0 Å². The Hall–Kier alpha value is -4.39. The van der Waals surface area contributed by atoms with Crippen molar-refractivity contribution < 1.29 is 19.6 Å². The van der Waals surface area contributed by atoms with Gasteiger partial charge >= 0.3 is 5.97 Å². The van der Waals surface area contributed by atoms with E-state index in [1.807, 2.05) is 20.8 Å². The predicted molar refractivity (Wildman–Crippen MR) is 132 cm³/mol. The molecule has 0 amide bonds. The van der Waals surface area contributed by atoms with Crippen molar-refractivity contribution in [2.45, 2.75) is 26.3 Å². The number of benzene rings is 3. The summed E-state index contributed by atoms with van der Waals surface area (Å²) in [6.45, 7) is 5.82. The first-order valence-corrected chi connectivity index (χ1v) is 10.6. The molecule has 0 bridgehead atoms. The number of nitrogens with one attached hydrogen (secondary N) is 1. The molecular weight excluding hydrogens is 432 g/mol. The Morgan fingerprint density at radius 3 is 2.00 bits per heavy atom. The molecule has 0 fully saturated rings. The first kappa shape index (κ1) is 24.3. The van der Waals surface area contributed by atoms with Crippen LogP contribution in [0.5, 0.6) is 5.75 Å². The van der Waals surface area contributed by atoms with Crippen molar-refractivity contribution in [3.05, 3.63) is 118 Å². The Morgan fingerprint density at radius 2 is 1.47 bits per heavy atom. The summed E-state index contributed by atoms with van der Waals surface area (Å²) < 4.78 is 5.50. The van der Waals surface area contributed by atoms with Crippen molar-refractivity contribution in [3.63, 3.8) is 0 Å². The number of aliphatic hydroxyl groups excluding tert-OH is 1. The fourth-order valence-corrected chi connectivity index (χ4v) is 3.19. The van der Waals surface area contributed by atoms with Gasteiger partial charge in [-0.2, -0.15) is 0 Å². The summed E-state index contributed by atoms with van der Waals surface area (Å²) in [5.74, 6) is -0.677. The molecule has 0 saturated heterocycles. The van der Waals surface area contributed by atoms with Gasteiger partial charge in [0.15, 0.2) is 0 Å².